The van der Waals surface area contributed by atoms with E-state index < -0.39 is 132 Å². The fourth-order valence-corrected chi connectivity index (χ4v) is 11.8. The lowest BCUT2D eigenvalue weighted by atomic mass is 9.87. The second-order valence-corrected chi connectivity index (χ2v) is 23.4. The number of Topliss-reactive ketones (excluding diaryl/α,β-unsaturated/α-hetero) is 4. The highest BCUT2D eigenvalue weighted by Gasteiger charge is 2.37. The number of benzene rings is 4. The molecule has 0 radical (unpaired) electrons. The molecule has 0 bridgehead atoms. The van der Waals surface area contributed by atoms with Crippen molar-refractivity contribution in [1.82, 2.24) is 16.0 Å². The molecule has 1 saturated heterocycles. The Balaban J connectivity index is 1.58. The number of nitrogens with one attached hydrogen (secondary N) is 3. The van der Waals surface area contributed by atoms with Gasteiger partial charge in [-0.15, -0.1) is 0 Å². The summed E-state index contributed by atoms with van der Waals surface area (Å²) in [7, 11) is 2.14. The molecule has 1 aliphatic heterocycles. The number of ketones is 4. The maximum Gasteiger partial charge on any atom is 0.226 e. The van der Waals surface area contributed by atoms with Gasteiger partial charge in [0.1, 0.15) is 11.5 Å². The average molecular weight is 1160 g/mol. The third-order valence-electron chi connectivity index (χ3n) is 13.9. The zero-order chi connectivity index (χ0) is 58.5. The molecule has 5 amide bonds. The highest BCUT2D eigenvalue weighted by molar-refractivity contribution is 8.76. The number of amides is 5. The van der Waals surface area contributed by atoms with Gasteiger partial charge in [-0.3, -0.25) is 43.2 Å². The fraction of sp³-hybridized carbons (Fsp3) is 0.431. The zero-order valence-electron chi connectivity index (χ0n) is 44.6. The molecule has 9 atom stereocenters. The molecule has 4 aromatic carbocycles. The highest BCUT2D eigenvalue weighted by atomic mass is 35.5. The SMILES string of the molecule is C[C@@H](O)[C@@H]1CC(=O)[C@H](CCCCN)NC(=O)[C@@H](Cc2ccc(CC(N)=O)cc2)CC(=O)[C@H](Cc2ccc(O)cc2)NC(=O)[C@@H](CC(=O)[C@H](N)Cc2ccc(Cl)cc2)CSSC[C@@H](C(=O)C[C@H](Cc2ccc(O)cc2)C(N)=O)NC1=O. The Kier molecular flexibility index (Phi) is 25.7. The molecule has 1 fully saturated rings. The van der Waals surface area contributed by atoms with Crippen LogP contribution in [0.1, 0.15) is 79.7 Å². The van der Waals surface area contributed by atoms with E-state index in [1.165, 1.54) is 31.2 Å². The third kappa shape index (κ3) is 21.1. The number of aromatic hydroxyl groups is 2. The number of phenolic OH excluding ortho intramolecular Hbond substituents is 2. The van der Waals surface area contributed by atoms with Gasteiger partial charge in [-0.05, 0) is 123 Å². The summed E-state index contributed by atoms with van der Waals surface area (Å²) in [6.45, 7) is 1.56. The van der Waals surface area contributed by atoms with Crippen LogP contribution in [0.5, 0.6) is 11.5 Å². The van der Waals surface area contributed by atoms with Gasteiger partial charge in [-0.1, -0.05) is 93.9 Å². The maximum absolute atomic E-state index is 14.9. The summed E-state index contributed by atoms with van der Waals surface area (Å²) < 4.78 is 0. The van der Waals surface area contributed by atoms with E-state index in [1.54, 1.807) is 72.8 Å². The zero-order valence-corrected chi connectivity index (χ0v) is 46.9. The van der Waals surface area contributed by atoms with Crippen molar-refractivity contribution in [3.8, 4) is 11.5 Å². The molecule has 80 heavy (non-hydrogen) atoms. The Labute approximate surface area is 478 Å². The van der Waals surface area contributed by atoms with Gasteiger partial charge in [-0.2, -0.15) is 0 Å². The summed E-state index contributed by atoms with van der Waals surface area (Å²) in [4.78, 5) is 126. The Morgan fingerprint density at radius 3 is 1.77 bits per heavy atom. The number of rotatable bonds is 22. The molecule has 0 aliphatic carbocycles. The van der Waals surface area contributed by atoms with Gasteiger partial charge < -0.3 is 54.2 Å². The van der Waals surface area contributed by atoms with E-state index in [-0.39, 0.29) is 68.1 Å². The van der Waals surface area contributed by atoms with Gasteiger partial charge in [0.25, 0.3) is 0 Å². The Morgan fingerprint density at radius 2 is 1.18 bits per heavy atom. The monoisotopic (exact) mass is 1160 g/mol. The molecule has 19 nitrogen and oxygen atoms in total. The van der Waals surface area contributed by atoms with E-state index in [0.717, 1.165) is 21.6 Å². The number of carbonyl (C=O) groups is 9. The standard InChI is InChI=1S/C58H72ClN7O12S2/c1-33(67)45-30-53(73)47(4-2-3-21-60)64-56(76)40(23-34-5-7-38(8-6-34)26-54(62)74)28-51(71)48(25-37-13-19-44(69)20-14-37)65-57(77)41(29-50(70)46(61)24-36-9-15-42(59)16-10-36)31-79-80-32-49(66-58(45)78)52(72)27-39(55(63)75)22-35-11-17-43(68)18-12-35/h5-20,33,39-41,45-49,67-69H,2-4,21-32,60-61H2,1H3,(H2,62,74)(H2,63,75)(H,64,76)(H,65,77)(H,66,78)/t33-,39+,40+,41+,45+,46-,47+,48+,49+/m1/s1. The molecule has 22 heteroatoms. The number of hydrogen-bond donors (Lipinski definition) is 10. The Bertz CT molecular complexity index is 2770. The van der Waals surface area contributed by atoms with Crippen LogP contribution in [0.15, 0.2) is 97.1 Å². The summed E-state index contributed by atoms with van der Waals surface area (Å²) in [6, 6.07) is 20.4. The van der Waals surface area contributed by atoms with Crippen molar-refractivity contribution in [1.29, 1.82) is 0 Å². The van der Waals surface area contributed by atoms with Crippen LogP contribution in [0, 0.1) is 23.7 Å². The number of carbonyl (C=O) groups excluding carboxylic acids is 9. The quantitative estimate of drug-likeness (QED) is 0.0397. The summed E-state index contributed by atoms with van der Waals surface area (Å²) in [5.41, 5.74) is 26.5. The minimum atomic E-state index is -1.46. The number of hydrogen-bond acceptors (Lipinski definition) is 16. The maximum atomic E-state index is 14.9. The summed E-state index contributed by atoms with van der Waals surface area (Å²) in [5, 5.41) is 40.0. The predicted octanol–water partition coefficient (Wildman–Crippen LogP) is 3.52. The van der Waals surface area contributed by atoms with Gasteiger partial charge in [0.2, 0.25) is 29.5 Å². The first-order valence-corrected chi connectivity index (χ1v) is 29.3. The number of primary amides is 2. The van der Waals surface area contributed by atoms with E-state index in [2.05, 4.69) is 16.0 Å². The lowest BCUT2D eigenvalue weighted by Crippen LogP contribution is -2.51. The van der Waals surface area contributed by atoms with Crippen LogP contribution in [0.4, 0.5) is 0 Å². The van der Waals surface area contributed by atoms with Crippen LogP contribution in [0.2, 0.25) is 5.02 Å². The van der Waals surface area contributed by atoms with Gasteiger partial charge in [0, 0.05) is 54.0 Å². The molecule has 4 aromatic rings. The van der Waals surface area contributed by atoms with Crippen molar-refractivity contribution in [2.24, 2.45) is 46.6 Å². The number of halogens is 1. The van der Waals surface area contributed by atoms with Crippen molar-refractivity contribution in [2.75, 3.05) is 18.1 Å². The van der Waals surface area contributed by atoms with Gasteiger partial charge in [-0.25, -0.2) is 0 Å². The second-order valence-electron chi connectivity index (χ2n) is 20.4. The molecule has 14 N–H and O–H groups in total. The van der Waals surface area contributed by atoms with Crippen LogP contribution in [-0.4, -0.2) is 116 Å². The first kappa shape index (κ1) is 64.2. The molecule has 0 saturated carbocycles. The molecule has 5 rings (SSSR count). The number of unbranched alkanes of at least 4 members (excludes halogenated alkanes) is 1. The Hall–Kier alpha value is -6.62. The van der Waals surface area contributed by atoms with Crippen LogP contribution in [-0.2, 0) is 75.3 Å². The molecule has 0 unspecified atom stereocenters. The lowest BCUT2D eigenvalue weighted by molar-refractivity contribution is -0.137. The summed E-state index contributed by atoms with van der Waals surface area (Å²) in [6.07, 6.45) is -2.58. The van der Waals surface area contributed by atoms with Crippen molar-refractivity contribution in [3.05, 3.63) is 130 Å². The average Bonchev–Trinajstić information content (AvgIpc) is 3.41. The van der Waals surface area contributed by atoms with E-state index >= 15 is 0 Å². The number of aliphatic hydroxyl groups is 1. The lowest BCUT2D eigenvalue weighted by Gasteiger charge is -2.28. The van der Waals surface area contributed by atoms with E-state index in [1.807, 2.05) is 0 Å². The minimum Gasteiger partial charge on any atom is -0.508 e. The first-order valence-electron chi connectivity index (χ1n) is 26.4. The molecule has 430 valence electrons. The van der Waals surface area contributed by atoms with Crippen molar-refractivity contribution in [3.63, 3.8) is 0 Å². The van der Waals surface area contributed by atoms with Crippen molar-refractivity contribution >= 4 is 85.9 Å². The van der Waals surface area contributed by atoms with Gasteiger partial charge >= 0.3 is 0 Å². The number of nitrogens with two attached hydrogens (primary N) is 4. The number of phenols is 2. The van der Waals surface area contributed by atoms with E-state index in [9.17, 15) is 58.5 Å². The van der Waals surface area contributed by atoms with Gasteiger partial charge in [0.15, 0.2) is 23.1 Å². The first-order chi connectivity index (χ1) is 38.1. The van der Waals surface area contributed by atoms with Crippen LogP contribution in [0.3, 0.4) is 0 Å². The minimum absolute atomic E-state index is 0.0112. The van der Waals surface area contributed by atoms with E-state index in [0.29, 0.717) is 45.7 Å². The normalized spacial score (nSPS) is 21.2. The smallest absolute Gasteiger partial charge is 0.226 e. The summed E-state index contributed by atoms with van der Waals surface area (Å²) >= 11 is 6.09. The Morgan fingerprint density at radius 1 is 0.650 bits per heavy atom. The third-order valence-corrected chi connectivity index (χ3v) is 16.7. The fourth-order valence-electron chi connectivity index (χ4n) is 9.19. The van der Waals surface area contributed by atoms with Crippen LogP contribution >= 0.6 is 33.2 Å². The van der Waals surface area contributed by atoms with Gasteiger partial charge in [0.05, 0.1) is 48.5 Å². The van der Waals surface area contributed by atoms with Crippen molar-refractivity contribution < 1.29 is 58.5 Å². The molecule has 1 aliphatic rings. The summed E-state index contributed by atoms with van der Waals surface area (Å²) in [5.74, 6) is -11.2. The van der Waals surface area contributed by atoms with E-state index in [4.69, 9.17) is 34.5 Å². The predicted molar refractivity (Wildman–Crippen MR) is 307 cm³/mol. The van der Waals surface area contributed by atoms with Crippen molar-refractivity contribution in [2.45, 2.75) is 114 Å². The van der Waals surface area contributed by atoms with Crippen LogP contribution in [0.25, 0.3) is 0 Å². The van der Waals surface area contributed by atoms with Crippen LogP contribution < -0.4 is 38.9 Å². The topological polar surface area (TPSA) is 354 Å². The molecular weight excluding hydrogens is 1090 g/mol. The second kappa shape index (κ2) is 32.0. The molecular formula is C58H72ClN7O12S2. The molecule has 1 heterocycles. The highest BCUT2D eigenvalue weighted by Crippen LogP contribution is 2.29. The number of aliphatic hydroxyl groups excluding tert-OH is 1. The molecule has 0 aromatic heterocycles. The molecule has 0 spiro atoms. The largest absolute Gasteiger partial charge is 0.508 e.